The smallest absolute Gasteiger partial charge is 0.270 e. The number of nitrogens with one attached hydrogen (secondary N) is 1. The number of imide groups is 1. The van der Waals surface area contributed by atoms with Crippen molar-refractivity contribution < 1.29 is 14.4 Å². The molecule has 0 aromatic heterocycles. The third kappa shape index (κ3) is 2.34. The van der Waals surface area contributed by atoms with Crippen LogP contribution in [0, 0.1) is 0 Å². The number of halogens is 2. The highest BCUT2D eigenvalue weighted by Gasteiger charge is 2.50. The Labute approximate surface area is 150 Å². The molecule has 2 heterocycles. The van der Waals surface area contributed by atoms with Gasteiger partial charge in [-0.1, -0.05) is 45.7 Å². The molecule has 5 nitrogen and oxygen atoms in total. The van der Waals surface area contributed by atoms with E-state index in [1.165, 1.54) is 0 Å². The van der Waals surface area contributed by atoms with Crippen LogP contribution < -0.4 is 10.4 Å². The van der Waals surface area contributed by atoms with Crippen molar-refractivity contribution in [2.45, 2.75) is 6.10 Å². The van der Waals surface area contributed by atoms with E-state index in [4.69, 9.17) is 16.4 Å². The number of carbonyl (C=O) groups excluding carboxylic acids is 2. The highest BCUT2D eigenvalue weighted by Crippen LogP contribution is 2.36. The summed E-state index contributed by atoms with van der Waals surface area (Å²) < 4.78 is 0.918. The Balaban J connectivity index is 1.79. The highest BCUT2D eigenvalue weighted by molar-refractivity contribution is 9.10. The molecule has 2 aliphatic rings. The van der Waals surface area contributed by atoms with Crippen molar-refractivity contribution in [2.75, 3.05) is 4.90 Å². The van der Waals surface area contributed by atoms with Gasteiger partial charge in [0, 0.05) is 15.1 Å². The molecule has 1 saturated heterocycles. The van der Waals surface area contributed by atoms with Gasteiger partial charge in [0.15, 0.2) is 6.10 Å². The predicted octanol–water partition coefficient (Wildman–Crippen LogP) is 3.29. The van der Waals surface area contributed by atoms with Gasteiger partial charge in [0.25, 0.3) is 11.8 Å². The summed E-state index contributed by atoms with van der Waals surface area (Å²) in [6.07, 6.45) is -0.949. The third-order valence-electron chi connectivity index (χ3n) is 3.89. The minimum absolute atomic E-state index is 0.308. The van der Waals surface area contributed by atoms with E-state index >= 15 is 0 Å². The van der Waals surface area contributed by atoms with Gasteiger partial charge in [0.2, 0.25) is 0 Å². The van der Waals surface area contributed by atoms with Gasteiger partial charge in [-0.15, -0.1) is 0 Å². The van der Waals surface area contributed by atoms with Crippen LogP contribution in [0.1, 0.15) is 5.56 Å². The lowest BCUT2D eigenvalue weighted by Gasteiger charge is -2.15. The molecule has 1 fully saturated rings. The zero-order chi connectivity index (χ0) is 16.8. The summed E-state index contributed by atoms with van der Waals surface area (Å²) in [5.74, 6) is -0.841. The molecule has 0 saturated carbocycles. The first kappa shape index (κ1) is 15.4. The fourth-order valence-electron chi connectivity index (χ4n) is 2.78. The molecule has 2 amide bonds. The van der Waals surface area contributed by atoms with Gasteiger partial charge >= 0.3 is 0 Å². The van der Waals surface area contributed by atoms with Crippen LogP contribution in [-0.2, 0) is 14.4 Å². The Bertz CT molecular complexity index is 895. The minimum Gasteiger partial charge on any atom is -0.270 e. The van der Waals surface area contributed by atoms with E-state index in [1.807, 2.05) is 24.3 Å². The van der Waals surface area contributed by atoms with Gasteiger partial charge in [-0.25, -0.2) is 4.90 Å². The maximum atomic E-state index is 12.8. The molecule has 1 atom stereocenters. The number of rotatable bonds is 2. The number of hydrogen-bond donors (Lipinski definition) is 1. The van der Waals surface area contributed by atoms with Crippen molar-refractivity contribution in [3.8, 4) is 0 Å². The van der Waals surface area contributed by atoms with Crippen LogP contribution in [0.15, 0.2) is 58.6 Å². The molecular formula is C17H10BrClN2O3. The number of hydrogen-bond acceptors (Lipinski definition) is 4. The van der Waals surface area contributed by atoms with E-state index in [0.717, 1.165) is 14.9 Å². The quantitative estimate of drug-likeness (QED) is 0.779. The first-order valence-electron chi connectivity index (χ1n) is 7.12. The lowest BCUT2D eigenvalue weighted by molar-refractivity contribution is -0.127. The van der Waals surface area contributed by atoms with Crippen molar-refractivity contribution >= 4 is 50.7 Å². The molecule has 0 bridgehead atoms. The SMILES string of the molecule is O=C1C2=C(c3ccc(Br)cc3)NO[C@@H]2C(=O)N1c1cccc(Cl)c1. The van der Waals surface area contributed by atoms with Crippen molar-refractivity contribution in [3.63, 3.8) is 0 Å². The third-order valence-corrected chi connectivity index (χ3v) is 4.65. The zero-order valence-electron chi connectivity index (χ0n) is 12.1. The van der Waals surface area contributed by atoms with E-state index in [2.05, 4.69) is 21.4 Å². The second-order valence-electron chi connectivity index (χ2n) is 5.35. The summed E-state index contributed by atoms with van der Waals surface area (Å²) in [5.41, 5.74) is 4.72. The van der Waals surface area contributed by atoms with Crippen molar-refractivity contribution in [1.82, 2.24) is 5.48 Å². The number of hydroxylamine groups is 1. The van der Waals surface area contributed by atoms with Crippen LogP contribution >= 0.6 is 27.5 Å². The molecule has 0 spiro atoms. The Morgan fingerprint density at radius 1 is 1.12 bits per heavy atom. The minimum atomic E-state index is -0.949. The van der Waals surface area contributed by atoms with Gasteiger partial charge in [0.1, 0.15) is 0 Å². The van der Waals surface area contributed by atoms with Crippen LogP contribution in [0.3, 0.4) is 0 Å². The molecule has 4 rings (SSSR count). The number of amides is 2. The number of anilines is 1. The van der Waals surface area contributed by atoms with Crippen molar-refractivity contribution in [3.05, 3.63) is 69.2 Å². The van der Waals surface area contributed by atoms with E-state index in [9.17, 15) is 9.59 Å². The molecule has 120 valence electrons. The monoisotopic (exact) mass is 404 g/mol. The molecule has 2 aliphatic heterocycles. The Kier molecular flexibility index (Phi) is 3.68. The van der Waals surface area contributed by atoms with Gasteiger partial charge in [-0.05, 0) is 30.3 Å². The van der Waals surface area contributed by atoms with Crippen LogP contribution in [0.25, 0.3) is 5.70 Å². The van der Waals surface area contributed by atoms with E-state index in [1.54, 1.807) is 24.3 Å². The lowest BCUT2D eigenvalue weighted by atomic mass is 10.1. The largest absolute Gasteiger partial charge is 0.270 e. The lowest BCUT2D eigenvalue weighted by Crippen LogP contribution is -2.34. The second-order valence-corrected chi connectivity index (χ2v) is 6.71. The van der Waals surface area contributed by atoms with Crippen molar-refractivity contribution in [2.24, 2.45) is 0 Å². The van der Waals surface area contributed by atoms with E-state index in [-0.39, 0.29) is 0 Å². The van der Waals surface area contributed by atoms with Gasteiger partial charge in [-0.3, -0.25) is 19.9 Å². The van der Waals surface area contributed by atoms with Crippen LogP contribution in [0.5, 0.6) is 0 Å². The molecule has 0 unspecified atom stereocenters. The maximum absolute atomic E-state index is 12.8. The van der Waals surface area contributed by atoms with Crippen LogP contribution in [0.4, 0.5) is 5.69 Å². The molecule has 2 aromatic rings. The van der Waals surface area contributed by atoms with Gasteiger partial charge in [0.05, 0.1) is 17.0 Å². The summed E-state index contributed by atoms with van der Waals surface area (Å²) in [5, 5.41) is 0.450. The Hall–Kier alpha value is -2.15. The predicted molar refractivity (Wildman–Crippen MR) is 93.0 cm³/mol. The highest BCUT2D eigenvalue weighted by atomic mass is 79.9. The summed E-state index contributed by atoms with van der Waals surface area (Å²) in [7, 11) is 0. The molecule has 24 heavy (non-hydrogen) atoms. The number of benzene rings is 2. The number of fused-ring (bicyclic) bond motifs is 1. The normalized spacial score (nSPS) is 19.8. The van der Waals surface area contributed by atoms with Crippen LogP contribution in [-0.4, -0.2) is 17.9 Å². The molecule has 0 aliphatic carbocycles. The standard InChI is InChI=1S/C17H10BrClN2O3/c18-10-6-4-9(5-7-10)14-13-15(24-20-14)17(23)21(16(13)22)12-3-1-2-11(19)8-12/h1-8,15,20H/t15-/m0/s1. The summed E-state index contributed by atoms with van der Waals surface area (Å²) in [6.45, 7) is 0. The summed E-state index contributed by atoms with van der Waals surface area (Å²) >= 11 is 9.34. The first-order chi connectivity index (χ1) is 11.6. The maximum Gasteiger partial charge on any atom is 0.270 e. The fourth-order valence-corrected chi connectivity index (χ4v) is 3.23. The Morgan fingerprint density at radius 3 is 2.58 bits per heavy atom. The van der Waals surface area contributed by atoms with Crippen molar-refractivity contribution in [1.29, 1.82) is 0 Å². The molecule has 7 heteroatoms. The van der Waals surface area contributed by atoms with E-state index < -0.39 is 17.9 Å². The summed E-state index contributed by atoms with van der Waals surface area (Å²) in [6, 6.07) is 14.0. The average molecular weight is 406 g/mol. The average Bonchev–Trinajstić information content (AvgIpc) is 3.09. The molecular weight excluding hydrogens is 396 g/mol. The van der Waals surface area contributed by atoms with E-state index in [0.29, 0.717) is 22.0 Å². The molecule has 1 N–H and O–H groups in total. The Morgan fingerprint density at radius 2 is 1.88 bits per heavy atom. The van der Waals surface area contributed by atoms with Gasteiger partial charge < -0.3 is 0 Å². The second kappa shape index (κ2) is 5.73. The first-order valence-corrected chi connectivity index (χ1v) is 8.29. The topological polar surface area (TPSA) is 58.6 Å². The van der Waals surface area contributed by atoms with Gasteiger partial charge in [-0.2, -0.15) is 0 Å². The number of nitrogens with zero attached hydrogens (tertiary/aromatic N) is 1. The molecule has 2 aromatic carbocycles. The number of carbonyl (C=O) groups is 2. The summed E-state index contributed by atoms with van der Waals surface area (Å²) in [4.78, 5) is 31.9. The molecule has 0 radical (unpaired) electrons. The zero-order valence-corrected chi connectivity index (χ0v) is 14.5. The fraction of sp³-hybridized carbons (Fsp3) is 0.0588. The van der Waals surface area contributed by atoms with Crippen LogP contribution in [0.2, 0.25) is 5.02 Å².